The van der Waals surface area contributed by atoms with Crippen molar-refractivity contribution in [3.63, 3.8) is 0 Å². The number of nitrogens with zero attached hydrogens (tertiary/aromatic N) is 3. The number of amides is 1. The van der Waals surface area contributed by atoms with E-state index in [-0.39, 0.29) is 12.0 Å². The molecular formula is C18H24N4O3. The molecule has 1 saturated heterocycles. The molecule has 0 radical (unpaired) electrons. The average Bonchev–Trinajstić information content (AvgIpc) is 2.97. The Morgan fingerprint density at radius 3 is 2.96 bits per heavy atom. The molecule has 1 aliphatic rings. The second kappa shape index (κ2) is 7.65. The van der Waals surface area contributed by atoms with Gasteiger partial charge < -0.3 is 19.5 Å². The first-order valence-corrected chi connectivity index (χ1v) is 8.54. The lowest BCUT2D eigenvalue weighted by molar-refractivity contribution is -0.139. The number of ether oxygens (including phenoxy) is 1. The van der Waals surface area contributed by atoms with Crippen molar-refractivity contribution in [3.8, 4) is 0 Å². The van der Waals surface area contributed by atoms with Crippen LogP contribution in [0.25, 0.3) is 0 Å². The standard InChI is InChI=1S/C18H24N4O3/c1-12-14(13(2)25-21-12)7-8-18(23)22-9-10-24-16(11-22)15-5-4-6-17(19-3)20-15/h4-6,16H,7-11H2,1-3H3,(H,19,20). The number of hydrogen-bond acceptors (Lipinski definition) is 6. The van der Waals surface area contributed by atoms with Crippen LogP contribution in [0.4, 0.5) is 5.82 Å². The predicted molar refractivity (Wildman–Crippen MR) is 93.4 cm³/mol. The molecule has 0 saturated carbocycles. The van der Waals surface area contributed by atoms with Gasteiger partial charge in [-0.3, -0.25) is 4.79 Å². The summed E-state index contributed by atoms with van der Waals surface area (Å²) in [6.07, 6.45) is 0.903. The molecule has 0 spiro atoms. The van der Waals surface area contributed by atoms with E-state index in [4.69, 9.17) is 9.26 Å². The first kappa shape index (κ1) is 17.4. The zero-order valence-electron chi connectivity index (χ0n) is 14.9. The third kappa shape index (κ3) is 3.99. The summed E-state index contributed by atoms with van der Waals surface area (Å²) in [5.74, 6) is 1.71. The number of morpholine rings is 1. The molecule has 3 rings (SSSR count). The van der Waals surface area contributed by atoms with Crippen molar-refractivity contribution in [1.29, 1.82) is 0 Å². The average molecular weight is 344 g/mol. The van der Waals surface area contributed by atoms with Crippen LogP contribution in [0.1, 0.15) is 35.2 Å². The number of rotatable bonds is 5. The van der Waals surface area contributed by atoms with Crippen LogP contribution < -0.4 is 5.32 Å². The summed E-state index contributed by atoms with van der Waals surface area (Å²) in [5, 5.41) is 6.97. The Balaban J connectivity index is 1.61. The molecule has 0 aliphatic carbocycles. The Morgan fingerprint density at radius 1 is 1.40 bits per heavy atom. The van der Waals surface area contributed by atoms with E-state index in [1.807, 2.05) is 44.0 Å². The number of carbonyl (C=O) groups is 1. The van der Waals surface area contributed by atoms with Gasteiger partial charge in [0, 0.05) is 25.6 Å². The Morgan fingerprint density at radius 2 is 2.24 bits per heavy atom. The largest absolute Gasteiger partial charge is 0.373 e. The van der Waals surface area contributed by atoms with Crippen molar-refractivity contribution in [2.75, 3.05) is 32.1 Å². The van der Waals surface area contributed by atoms with E-state index in [1.54, 1.807) is 0 Å². The van der Waals surface area contributed by atoms with Crippen molar-refractivity contribution in [1.82, 2.24) is 15.0 Å². The molecule has 3 heterocycles. The molecule has 1 fully saturated rings. The number of hydrogen-bond donors (Lipinski definition) is 1. The zero-order chi connectivity index (χ0) is 17.8. The summed E-state index contributed by atoms with van der Waals surface area (Å²) >= 11 is 0. The Hall–Kier alpha value is -2.41. The number of aromatic nitrogens is 2. The van der Waals surface area contributed by atoms with Crippen molar-refractivity contribution in [3.05, 3.63) is 40.9 Å². The van der Waals surface area contributed by atoms with Crippen molar-refractivity contribution in [2.45, 2.75) is 32.8 Å². The van der Waals surface area contributed by atoms with Gasteiger partial charge >= 0.3 is 0 Å². The van der Waals surface area contributed by atoms with Gasteiger partial charge in [-0.05, 0) is 32.4 Å². The van der Waals surface area contributed by atoms with Gasteiger partial charge in [0.15, 0.2) is 0 Å². The highest BCUT2D eigenvalue weighted by Gasteiger charge is 2.26. The third-order valence-electron chi connectivity index (χ3n) is 4.55. The molecule has 1 unspecified atom stereocenters. The van der Waals surface area contributed by atoms with Crippen LogP contribution in [-0.2, 0) is 16.0 Å². The Labute approximate surface area is 147 Å². The molecule has 1 aliphatic heterocycles. The van der Waals surface area contributed by atoms with Gasteiger partial charge in [-0.25, -0.2) is 4.98 Å². The number of nitrogens with one attached hydrogen (secondary N) is 1. The molecule has 1 atom stereocenters. The molecular weight excluding hydrogens is 320 g/mol. The summed E-state index contributed by atoms with van der Waals surface area (Å²) in [6, 6.07) is 5.78. The quantitative estimate of drug-likeness (QED) is 0.896. The third-order valence-corrected chi connectivity index (χ3v) is 4.55. The van der Waals surface area contributed by atoms with Crippen LogP contribution in [0.5, 0.6) is 0 Å². The van der Waals surface area contributed by atoms with Gasteiger partial charge in [-0.15, -0.1) is 0 Å². The monoisotopic (exact) mass is 344 g/mol. The van der Waals surface area contributed by atoms with Crippen LogP contribution >= 0.6 is 0 Å². The molecule has 2 aromatic rings. The summed E-state index contributed by atoms with van der Waals surface area (Å²) in [5.41, 5.74) is 2.73. The smallest absolute Gasteiger partial charge is 0.223 e. The van der Waals surface area contributed by atoms with Gasteiger partial charge in [-0.1, -0.05) is 11.2 Å². The lowest BCUT2D eigenvalue weighted by atomic mass is 10.1. The maximum absolute atomic E-state index is 12.6. The Bertz CT molecular complexity index is 724. The van der Waals surface area contributed by atoms with E-state index in [9.17, 15) is 4.79 Å². The SMILES string of the molecule is CNc1cccc(C2CN(C(=O)CCc3c(C)noc3C)CCO2)n1. The second-order valence-electron chi connectivity index (χ2n) is 6.20. The topological polar surface area (TPSA) is 80.5 Å². The van der Waals surface area contributed by atoms with Crippen LogP contribution in [0, 0.1) is 13.8 Å². The van der Waals surface area contributed by atoms with Gasteiger partial charge in [0.1, 0.15) is 17.7 Å². The summed E-state index contributed by atoms with van der Waals surface area (Å²) < 4.78 is 11.0. The van der Waals surface area contributed by atoms with E-state index in [0.29, 0.717) is 32.5 Å². The van der Waals surface area contributed by atoms with Crippen molar-refractivity contribution >= 4 is 11.7 Å². The fourth-order valence-corrected chi connectivity index (χ4v) is 3.07. The molecule has 0 aromatic carbocycles. The van der Waals surface area contributed by atoms with E-state index < -0.39 is 0 Å². The molecule has 1 N–H and O–H groups in total. The highest BCUT2D eigenvalue weighted by Crippen LogP contribution is 2.23. The number of pyridine rings is 1. The maximum atomic E-state index is 12.6. The van der Waals surface area contributed by atoms with Crippen molar-refractivity contribution < 1.29 is 14.1 Å². The predicted octanol–water partition coefficient (Wildman–Crippen LogP) is 2.26. The van der Waals surface area contributed by atoms with Crippen LogP contribution in [0.15, 0.2) is 22.7 Å². The number of anilines is 1. The van der Waals surface area contributed by atoms with Crippen molar-refractivity contribution in [2.24, 2.45) is 0 Å². The van der Waals surface area contributed by atoms with E-state index in [2.05, 4.69) is 15.5 Å². The minimum absolute atomic E-state index is 0.123. The van der Waals surface area contributed by atoms with Crippen LogP contribution in [0.2, 0.25) is 0 Å². The highest BCUT2D eigenvalue weighted by atomic mass is 16.5. The summed E-state index contributed by atoms with van der Waals surface area (Å²) in [7, 11) is 1.83. The van der Waals surface area contributed by atoms with Gasteiger partial charge in [0.25, 0.3) is 0 Å². The van der Waals surface area contributed by atoms with E-state index in [0.717, 1.165) is 28.5 Å². The molecule has 134 valence electrons. The highest BCUT2D eigenvalue weighted by molar-refractivity contribution is 5.76. The minimum atomic E-state index is -0.190. The molecule has 7 heteroatoms. The summed E-state index contributed by atoms with van der Waals surface area (Å²) in [6.45, 7) is 5.45. The van der Waals surface area contributed by atoms with E-state index in [1.165, 1.54) is 0 Å². The number of aryl methyl sites for hydroxylation is 2. The molecule has 0 bridgehead atoms. The zero-order valence-corrected chi connectivity index (χ0v) is 14.9. The van der Waals surface area contributed by atoms with Crippen LogP contribution in [0.3, 0.4) is 0 Å². The normalized spacial score (nSPS) is 17.6. The molecule has 2 aromatic heterocycles. The van der Waals surface area contributed by atoms with Gasteiger partial charge in [-0.2, -0.15) is 0 Å². The second-order valence-corrected chi connectivity index (χ2v) is 6.20. The maximum Gasteiger partial charge on any atom is 0.223 e. The molecule has 25 heavy (non-hydrogen) atoms. The summed E-state index contributed by atoms with van der Waals surface area (Å²) in [4.78, 5) is 19.0. The van der Waals surface area contributed by atoms with Crippen LogP contribution in [-0.4, -0.2) is 47.7 Å². The minimum Gasteiger partial charge on any atom is -0.373 e. The van der Waals surface area contributed by atoms with Gasteiger partial charge in [0.2, 0.25) is 5.91 Å². The van der Waals surface area contributed by atoms with E-state index >= 15 is 0 Å². The lowest BCUT2D eigenvalue weighted by Gasteiger charge is -2.33. The first-order chi connectivity index (χ1) is 12.1. The number of carbonyl (C=O) groups excluding carboxylic acids is 1. The van der Waals surface area contributed by atoms with Gasteiger partial charge in [0.05, 0.1) is 24.5 Å². The first-order valence-electron chi connectivity index (χ1n) is 8.54. The fourth-order valence-electron chi connectivity index (χ4n) is 3.07. The molecule has 7 nitrogen and oxygen atoms in total. The fraction of sp³-hybridized carbons (Fsp3) is 0.500. The Kier molecular flexibility index (Phi) is 5.33. The lowest BCUT2D eigenvalue weighted by Crippen LogP contribution is -2.42. The molecule has 1 amide bonds.